The highest BCUT2D eigenvalue weighted by Gasteiger charge is 2.44. The lowest BCUT2D eigenvalue weighted by atomic mass is 9.65. The number of hydrogen-bond acceptors (Lipinski definition) is 7. The summed E-state index contributed by atoms with van der Waals surface area (Å²) in [5.41, 5.74) is 5.93. The minimum Gasteiger partial charge on any atom is -0.481 e. The lowest BCUT2D eigenvalue weighted by Gasteiger charge is -2.41. The molecule has 1 unspecified atom stereocenters. The van der Waals surface area contributed by atoms with E-state index in [1.807, 2.05) is 6.92 Å². The van der Waals surface area contributed by atoms with Crippen LogP contribution in [0.5, 0.6) is 0 Å². The Morgan fingerprint density at radius 2 is 2.07 bits per heavy atom. The average molecular weight is 377 g/mol. The van der Waals surface area contributed by atoms with E-state index in [0.29, 0.717) is 29.9 Å². The molecule has 1 aliphatic carbocycles. The Morgan fingerprint density at radius 3 is 2.74 bits per heavy atom. The smallest absolute Gasteiger partial charge is 0.309 e. The highest BCUT2D eigenvalue weighted by Crippen LogP contribution is 2.43. The third kappa shape index (κ3) is 4.43. The van der Waals surface area contributed by atoms with Crippen LogP contribution in [0.3, 0.4) is 0 Å². The molecule has 5 N–H and O–H groups in total. The minimum absolute atomic E-state index is 0.129. The summed E-state index contributed by atoms with van der Waals surface area (Å²) < 4.78 is 5.38. The average Bonchev–Trinajstić information content (AvgIpc) is 2.66. The molecule has 3 atom stereocenters. The van der Waals surface area contributed by atoms with Gasteiger partial charge >= 0.3 is 5.97 Å². The Kier molecular flexibility index (Phi) is 6.04. The fourth-order valence-electron chi connectivity index (χ4n) is 4.22. The van der Waals surface area contributed by atoms with Crippen LogP contribution in [0.4, 0.5) is 17.5 Å². The Morgan fingerprint density at radius 1 is 1.33 bits per heavy atom. The number of ether oxygens (including phenoxy) is 1. The first-order chi connectivity index (χ1) is 12.9. The van der Waals surface area contributed by atoms with Gasteiger partial charge in [-0.1, -0.05) is 13.3 Å². The first-order valence-corrected chi connectivity index (χ1v) is 9.89. The number of hydrogen-bond donors (Lipinski definition) is 4. The van der Waals surface area contributed by atoms with Crippen molar-refractivity contribution in [2.75, 3.05) is 29.6 Å². The molecular formula is C19H31N5O3. The number of nitrogens with two attached hydrogens (primary N) is 1. The molecular weight excluding hydrogens is 346 g/mol. The lowest BCUT2D eigenvalue weighted by molar-refractivity contribution is -0.153. The SMILES string of the molecule is CCC1C[C@@H](Nc2nc(NC3CCOCC3)ncc2N)CC[C@]1(C)C(=O)O. The van der Waals surface area contributed by atoms with Crippen molar-refractivity contribution in [1.29, 1.82) is 0 Å². The summed E-state index contributed by atoms with van der Waals surface area (Å²) >= 11 is 0. The molecule has 0 spiro atoms. The van der Waals surface area contributed by atoms with Crippen molar-refractivity contribution in [2.24, 2.45) is 11.3 Å². The summed E-state index contributed by atoms with van der Waals surface area (Å²) in [6.45, 7) is 5.43. The van der Waals surface area contributed by atoms with Gasteiger partial charge in [0.1, 0.15) is 0 Å². The highest BCUT2D eigenvalue weighted by atomic mass is 16.5. The molecule has 2 fully saturated rings. The van der Waals surface area contributed by atoms with Gasteiger partial charge in [0.25, 0.3) is 0 Å². The number of nitrogens with one attached hydrogen (secondary N) is 2. The maximum atomic E-state index is 11.7. The first-order valence-electron chi connectivity index (χ1n) is 9.89. The Balaban J connectivity index is 1.66. The largest absolute Gasteiger partial charge is 0.481 e. The number of carboxylic acid groups (broad SMARTS) is 1. The second-order valence-corrected chi connectivity index (χ2v) is 7.97. The van der Waals surface area contributed by atoms with Gasteiger partial charge in [-0.05, 0) is 44.9 Å². The minimum atomic E-state index is -0.697. The zero-order valence-corrected chi connectivity index (χ0v) is 16.2. The van der Waals surface area contributed by atoms with Crippen molar-refractivity contribution in [3.63, 3.8) is 0 Å². The summed E-state index contributed by atoms with van der Waals surface area (Å²) in [5.74, 6) is 0.622. The van der Waals surface area contributed by atoms with Gasteiger partial charge in [-0.2, -0.15) is 4.98 Å². The van der Waals surface area contributed by atoms with Crippen molar-refractivity contribution in [1.82, 2.24) is 9.97 Å². The highest BCUT2D eigenvalue weighted by molar-refractivity contribution is 5.74. The summed E-state index contributed by atoms with van der Waals surface area (Å²) in [6, 6.07) is 0.473. The van der Waals surface area contributed by atoms with Crippen LogP contribution >= 0.6 is 0 Å². The first kappa shape index (κ1) is 19.7. The van der Waals surface area contributed by atoms with Gasteiger partial charge in [-0.15, -0.1) is 0 Å². The van der Waals surface area contributed by atoms with Gasteiger partial charge in [0.2, 0.25) is 5.95 Å². The number of nitrogen functional groups attached to an aromatic ring is 1. The van der Waals surface area contributed by atoms with Crippen LogP contribution in [-0.4, -0.2) is 46.3 Å². The summed E-state index contributed by atoms with van der Waals surface area (Å²) in [6.07, 6.45) is 6.57. The van der Waals surface area contributed by atoms with Crippen molar-refractivity contribution in [3.05, 3.63) is 6.20 Å². The Hall–Kier alpha value is -2.09. The standard InChI is InChI=1S/C19H31N5O3/c1-3-12-10-14(4-7-19(12,2)17(25)26)22-16-15(20)11-21-18(24-16)23-13-5-8-27-9-6-13/h11-14H,3-10,20H2,1-2H3,(H,25,26)(H2,21,22,23,24)/t12?,14-,19-/m0/s1. The zero-order valence-electron chi connectivity index (χ0n) is 16.2. The van der Waals surface area contributed by atoms with Crippen molar-refractivity contribution < 1.29 is 14.6 Å². The van der Waals surface area contributed by atoms with Crippen LogP contribution < -0.4 is 16.4 Å². The van der Waals surface area contributed by atoms with Gasteiger partial charge < -0.3 is 26.2 Å². The molecule has 0 amide bonds. The maximum absolute atomic E-state index is 11.7. The van der Waals surface area contributed by atoms with Crippen molar-refractivity contribution in [2.45, 2.75) is 64.5 Å². The number of carboxylic acids is 1. The molecule has 1 aliphatic heterocycles. The molecule has 1 saturated carbocycles. The van der Waals surface area contributed by atoms with Gasteiger partial charge in [0, 0.05) is 25.3 Å². The monoisotopic (exact) mass is 377 g/mol. The molecule has 2 aliphatic rings. The van der Waals surface area contributed by atoms with Crippen molar-refractivity contribution >= 4 is 23.4 Å². The number of nitrogens with zero attached hydrogens (tertiary/aromatic N) is 2. The zero-order chi connectivity index (χ0) is 19.4. The van der Waals surface area contributed by atoms with Crippen LogP contribution in [0.2, 0.25) is 0 Å². The molecule has 0 bridgehead atoms. The number of aliphatic carboxylic acids is 1. The molecule has 0 radical (unpaired) electrons. The summed E-state index contributed by atoms with van der Waals surface area (Å²) in [4.78, 5) is 20.6. The lowest BCUT2D eigenvalue weighted by Crippen LogP contribution is -2.44. The van der Waals surface area contributed by atoms with E-state index in [4.69, 9.17) is 10.5 Å². The van der Waals surface area contributed by atoms with Gasteiger partial charge in [-0.25, -0.2) is 4.98 Å². The summed E-state index contributed by atoms with van der Waals surface area (Å²) in [7, 11) is 0. The molecule has 8 heteroatoms. The maximum Gasteiger partial charge on any atom is 0.309 e. The molecule has 1 aromatic rings. The van der Waals surface area contributed by atoms with E-state index in [9.17, 15) is 9.90 Å². The molecule has 1 aromatic heterocycles. The van der Waals surface area contributed by atoms with E-state index in [1.165, 1.54) is 0 Å². The van der Waals surface area contributed by atoms with E-state index in [0.717, 1.165) is 45.3 Å². The quantitative estimate of drug-likeness (QED) is 0.597. The predicted molar refractivity (Wildman–Crippen MR) is 105 cm³/mol. The van der Waals surface area contributed by atoms with Gasteiger partial charge in [0.15, 0.2) is 5.82 Å². The summed E-state index contributed by atoms with van der Waals surface area (Å²) in [5, 5.41) is 16.4. The second-order valence-electron chi connectivity index (χ2n) is 7.97. The fraction of sp³-hybridized carbons (Fsp3) is 0.737. The predicted octanol–water partition coefficient (Wildman–Crippen LogP) is 2.73. The Labute approximate surface area is 160 Å². The van der Waals surface area contributed by atoms with Crippen LogP contribution in [0, 0.1) is 11.3 Å². The second kappa shape index (κ2) is 8.29. The normalized spacial score (nSPS) is 29.3. The van der Waals surface area contributed by atoms with E-state index in [1.54, 1.807) is 6.20 Å². The third-order valence-corrected chi connectivity index (χ3v) is 6.18. The number of carbonyl (C=O) groups is 1. The molecule has 0 aromatic carbocycles. The van der Waals surface area contributed by atoms with E-state index >= 15 is 0 Å². The van der Waals surface area contributed by atoms with Crippen molar-refractivity contribution in [3.8, 4) is 0 Å². The number of aromatic nitrogens is 2. The van der Waals surface area contributed by atoms with Gasteiger partial charge in [0.05, 0.1) is 17.3 Å². The molecule has 1 saturated heterocycles. The van der Waals surface area contributed by atoms with Crippen LogP contribution in [0.25, 0.3) is 0 Å². The molecule has 27 heavy (non-hydrogen) atoms. The van der Waals surface area contributed by atoms with Gasteiger partial charge in [-0.3, -0.25) is 4.79 Å². The topological polar surface area (TPSA) is 122 Å². The number of rotatable bonds is 6. The number of anilines is 3. The molecule has 3 rings (SSSR count). The molecule has 2 heterocycles. The Bertz CT molecular complexity index is 665. The van der Waals surface area contributed by atoms with Crippen LogP contribution in [0.15, 0.2) is 6.20 Å². The van der Waals surface area contributed by atoms with E-state index in [-0.39, 0.29) is 12.0 Å². The van der Waals surface area contributed by atoms with E-state index in [2.05, 4.69) is 27.5 Å². The van der Waals surface area contributed by atoms with Crippen LogP contribution in [-0.2, 0) is 9.53 Å². The fourth-order valence-corrected chi connectivity index (χ4v) is 4.22. The van der Waals surface area contributed by atoms with E-state index < -0.39 is 11.4 Å². The third-order valence-electron chi connectivity index (χ3n) is 6.18. The molecule has 8 nitrogen and oxygen atoms in total. The van der Waals surface area contributed by atoms with Crippen LogP contribution in [0.1, 0.15) is 52.4 Å². The molecule has 150 valence electrons.